The minimum atomic E-state index is 1.11. The Hall–Kier alpha value is -6.48. The predicted molar refractivity (Wildman–Crippen MR) is 225 cm³/mol. The predicted octanol–water partition coefficient (Wildman–Crippen LogP) is 14.8. The summed E-state index contributed by atoms with van der Waals surface area (Å²) in [5.74, 6) is 0. The first kappa shape index (κ1) is 30.4. The van der Waals surface area contributed by atoms with E-state index in [1.165, 1.54) is 75.1 Å². The first-order valence-electron chi connectivity index (χ1n) is 17.8. The Bertz CT molecular complexity index is 2870. The quantitative estimate of drug-likeness (QED) is 0.158. The van der Waals surface area contributed by atoms with Crippen molar-refractivity contribution in [3.05, 3.63) is 200 Å². The second-order valence-electron chi connectivity index (χ2n) is 13.3. The number of benzene rings is 9. The van der Waals surface area contributed by atoms with Gasteiger partial charge in [0, 0.05) is 37.2 Å². The Morgan fingerprint density at radius 1 is 0.308 bits per heavy atom. The minimum absolute atomic E-state index is 1.11. The third-order valence-corrected chi connectivity index (χ3v) is 11.5. The van der Waals surface area contributed by atoms with Gasteiger partial charge in [0.15, 0.2) is 0 Å². The Morgan fingerprint density at radius 3 is 1.50 bits per heavy atom. The number of fused-ring (bicyclic) bond motifs is 6. The van der Waals surface area contributed by atoms with E-state index in [9.17, 15) is 0 Å². The van der Waals surface area contributed by atoms with Crippen LogP contribution >= 0.6 is 11.3 Å². The van der Waals surface area contributed by atoms with E-state index in [2.05, 4.69) is 205 Å². The topological polar surface area (TPSA) is 3.24 Å². The fourth-order valence-electron chi connectivity index (χ4n) is 7.73. The number of hydrogen-bond acceptors (Lipinski definition) is 2. The lowest BCUT2D eigenvalue weighted by Crippen LogP contribution is -2.09. The molecular weight excluding hydrogens is 647 g/mol. The van der Waals surface area contributed by atoms with Crippen molar-refractivity contribution in [3.8, 4) is 33.4 Å². The molecule has 0 N–H and O–H groups in total. The summed E-state index contributed by atoms with van der Waals surface area (Å²) in [5, 5.41) is 7.74. The summed E-state index contributed by atoms with van der Waals surface area (Å²) in [6, 6.07) is 72.8. The first-order chi connectivity index (χ1) is 25.8. The minimum Gasteiger partial charge on any atom is -0.311 e. The van der Waals surface area contributed by atoms with Crippen molar-refractivity contribution in [2.45, 2.75) is 0 Å². The van der Waals surface area contributed by atoms with Gasteiger partial charge in [0.2, 0.25) is 0 Å². The molecule has 0 fully saturated rings. The number of thiophene rings is 1. The second-order valence-corrected chi connectivity index (χ2v) is 14.4. The molecule has 0 radical (unpaired) electrons. The lowest BCUT2D eigenvalue weighted by molar-refractivity contribution is 1.28. The molecule has 0 spiro atoms. The molecule has 1 nitrogen and oxygen atoms in total. The largest absolute Gasteiger partial charge is 0.311 e. The van der Waals surface area contributed by atoms with Crippen LogP contribution in [0.15, 0.2) is 200 Å². The molecule has 0 saturated heterocycles. The molecule has 10 aromatic rings. The summed E-state index contributed by atoms with van der Waals surface area (Å²) >= 11 is 1.88. The standard InChI is InChI=1S/C50H33NS/c1-2-11-34(12-3-1)35-21-27-39(28-22-35)51(40-29-23-36(24-30-40)43-18-10-19-47-46-17-8-9-20-49(46)52-50(43)47)41-31-25-37(26-32-41)48-33-38-13-4-5-14-42(38)44-15-6-7-16-45(44)48/h1-33H. The van der Waals surface area contributed by atoms with Gasteiger partial charge in [-0.1, -0.05) is 152 Å². The molecular formula is C50H33NS. The highest BCUT2D eigenvalue weighted by atomic mass is 32.1. The maximum atomic E-state index is 2.36. The molecule has 10 rings (SSSR count). The lowest BCUT2D eigenvalue weighted by atomic mass is 9.93. The molecule has 1 heterocycles. The summed E-state index contributed by atoms with van der Waals surface area (Å²) in [6.45, 7) is 0. The second kappa shape index (κ2) is 12.7. The molecule has 2 heteroatoms. The average Bonchev–Trinajstić information content (AvgIpc) is 3.61. The summed E-state index contributed by atoms with van der Waals surface area (Å²) in [7, 11) is 0. The van der Waals surface area contributed by atoms with E-state index in [0.717, 1.165) is 17.1 Å². The molecule has 1 aromatic heterocycles. The van der Waals surface area contributed by atoms with E-state index in [1.54, 1.807) is 0 Å². The third kappa shape index (κ3) is 5.24. The van der Waals surface area contributed by atoms with Crippen molar-refractivity contribution in [2.75, 3.05) is 4.90 Å². The van der Waals surface area contributed by atoms with Gasteiger partial charge in [0.1, 0.15) is 0 Å². The molecule has 0 bridgehead atoms. The van der Waals surface area contributed by atoms with Crippen LogP contribution in [0.3, 0.4) is 0 Å². The molecule has 52 heavy (non-hydrogen) atoms. The highest BCUT2D eigenvalue weighted by Crippen LogP contribution is 2.42. The van der Waals surface area contributed by atoms with E-state index in [4.69, 9.17) is 0 Å². The molecule has 244 valence electrons. The molecule has 9 aromatic carbocycles. The van der Waals surface area contributed by atoms with Crippen LogP contribution in [-0.2, 0) is 0 Å². The first-order valence-corrected chi connectivity index (χ1v) is 18.6. The van der Waals surface area contributed by atoms with Crippen LogP contribution < -0.4 is 4.90 Å². The molecule has 0 unspecified atom stereocenters. The van der Waals surface area contributed by atoms with Crippen LogP contribution in [0.1, 0.15) is 0 Å². The van der Waals surface area contributed by atoms with Gasteiger partial charge in [0.05, 0.1) is 0 Å². The van der Waals surface area contributed by atoms with E-state index < -0.39 is 0 Å². The Labute approximate surface area is 307 Å². The zero-order valence-corrected chi connectivity index (χ0v) is 29.2. The molecule has 0 aliphatic heterocycles. The van der Waals surface area contributed by atoms with E-state index in [-0.39, 0.29) is 0 Å². The van der Waals surface area contributed by atoms with Crippen LogP contribution in [0.4, 0.5) is 17.1 Å². The Balaban J connectivity index is 1.07. The van der Waals surface area contributed by atoms with Crippen LogP contribution in [0.25, 0.3) is 75.1 Å². The fraction of sp³-hybridized carbons (Fsp3) is 0. The molecule has 0 amide bonds. The molecule has 0 saturated carbocycles. The lowest BCUT2D eigenvalue weighted by Gasteiger charge is -2.26. The zero-order valence-electron chi connectivity index (χ0n) is 28.4. The van der Waals surface area contributed by atoms with Crippen LogP contribution in [-0.4, -0.2) is 0 Å². The van der Waals surface area contributed by atoms with Gasteiger partial charge in [-0.05, 0) is 103 Å². The number of nitrogens with zero attached hydrogens (tertiary/aromatic N) is 1. The number of rotatable bonds is 6. The summed E-state index contributed by atoms with van der Waals surface area (Å²) < 4.78 is 2.66. The van der Waals surface area contributed by atoms with Gasteiger partial charge < -0.3 is 4.90 Å². The van der Waals surface area contributed by atoms with Crippen molar-refractivity contribution in [2.24, 2.45) is 0 Å². The highest BCUT2D eigenvalue weighted by Gasteiger charge is 2.16. The van der Waals surface area contributed by atoms with E-state index in [0.29, 0.717) is 0 Å². The molecule has 0 atom stereocenters. The maximum absolute atomic E-state index is 2.36. The Morgan fingerprint density at radius 2 is 0.808 bits per heavy atom. The van der Waals surface area contributed by atoms with Gasteiger partial charge in [0.25, 0.3) is 0 Å². The van der Waals surface area contributed by atoms with Crippen LogP contribution in [0.5, 0.6) is 0 Å². The molecule has 0 aliphatic carbocycles. The van der Waals surface area contributed by atoms with E-state index in [1.807, 2.05) is 11.3 Å². The summed E-state index contributed by atoms with van der Waals surface area (Å²) in [4.78, 5) is 2.36. The van der Waals surface area contributed by atoms with Gasteiger partial charge in [-0.2, -0.15) is 0 Å². The zero-order chi connectivity index (χ0) is 34.4. The Kier molecular flexibility index (Phi) is 7.41. The van der Waals surface area contributed by atoms with Crippen molar-refractivity contribution in [1.29, 1.82) is 0 Å². The van der Waals surface area contributed by atoms with Crippen LogP contribution in [0, 0.1) is 0 Å². The smallest absolute Gasteiger partial charge is 0.0462 e. The van der Waals surface area contributed by atoms with Gasteiger partial charge in [-0.15, -0.1) is 11.3 Å². The van der Waals surface area contributed by atoms with Gasteiger partial charge in [-0.25, -0.2) is 0 Å². The van der Waals surface area contributed by atoms with Crippen molar-refractivity contribution in [3.63, 3.8) is 0 Å². The highest BCUT2D eigenvalue weighted by molar-refractivity contribution is 7.26. The maximum Gasteiger partial charge on any atom is 0.0462 e. The third-order valence-electron chi connectivity index (χ3n) is 10.3. The number of anilines is 3. The van der Waals surface area contributed by atoms with Crippen molar-refractivity contribution >= 4 is 70.1 Å². The normalized spacial score (nSPS) is 11.5. The van der Waals surface area contributed by atoms with Crippen molar-refractivity contribution < 1.29 is 0 Å². The monoisotopic (exact) mass is 679 g/mol. The SMILES string of the molecule is c1ccc(-c2ccc(N(c3ccc(-c4cc5ccccc5c5ccccc45)cc3)c3ccc(-c4cccc5c4sc4ccccc45)cc3)cc2)cc1. The van der Waals surface area contributed by atoms with E-state index >= 15 is 0 Å². The number of hydrogen-bond donors (Lipinski definition) is 0. The average molecular weight is 680 g/mol. The van der Waals surface area contributed by atoms with Crippen molar-refractivity contribution in [1.82, 2.24) is 0 Å². The van der Waals surface area contributed by atoms with Gasteiger partial charge in [-0.3, -0.25) is 0 Å². The fourth-order valence-corrected chi connectivity index (χ4v) is 8.97. The van der Waals surface area contributed by atoms with Crippen LogP contribution in [0.2, 0.25) is 0 Å². The van der Waals surface area contributed by atoms with Gasteiger partial charge >= 0.3 is 0 Å². The summed E-state index contributed by atoms with van der Waals surface area (Å²) in [5.41, 5.74) is 10.7. The molecule has 0 aliphatic rings. The summed E-state index contributed by atoms with van der Waals surface area (Å²) in [6.07, 6.45) is 0.